The molecule has 164 valence electrons. The highest BCUT2D eigenvalue weighted by Gasteiger charge is 2.36. The quantitative estimate of drug-likeness (QED) is 0.662. The zero-order valence-corrected chi connectivity index (χ0v) is 17.9. The second-order valence-corrected chi connectivity index (χ2v) is 7.97. The Morgan fingerprint density at radius 2 is 1.97 bits per heavy atom. The van der Waals surface area contributed by atoms with Crippen molar-refractivity contribution in [1.29, 1.82) is 0 Å². The van der Waals surface area contributed by atoms with E-state index in [0.717, 1.165) is 30.6 Å². The molecule has 0 saturated carbocycles. The highest BCUT2D eigenvalue weighted by molar-refractivity contribution is 6.02. The lowest BCUT2D eigenvalue weighted by atomic mass is 9.87. The van der Waals surface area contributed by atoms with Crippen molar-refractivity contribution in [3.8, 4) is 5.75 Å². The van der Waals surface area contributed by atoms with Crippen molar-refractivity contribution in [3.05, 3.63) is 64.7 Å². The van der Waals surface area contributed by atoms with Gasteiger partial charge in [-0.3, -0.25) is 9.59 Å². The summed E-state index contributed by atoms with van der Waals surface area (Å²) in [4.78, 5) is 25.5. The van der Waals surface area contributed by atoms with Crippen LogP contribution >= 0.6 is 0 Å². The first kappa shape index (κ1) is 21.3. The zero-order valence-electron chi connectivity index (χ0n) is 17.9. The number of nitrogens with one attached hydrogen (secondary N) is 3. The van der Waals surface area contributed by atoms with Crippen LogP contribution in [0, 0.1) is 0 Å². The van der Waals surface area contributed by atoms with E-state index in [1.54, 1.807) is 13.1 Å². The van der Waals surface area contributed by atoms with Gasteiger partial charge in [0.15, 0.2) is 0 Å². The van der Waals surface area contributed by atoms with Gasteiger partial charge in [0.25, 0.3) is 11.8 Å². The third-order valence-electron chi connectivity index (χ3n) is 5.87. The number of benzene rings is 2. The highest BCUT2D eigenvalue weighted by atomic mass is 16.5. The monoisotopic (exact) mass is 423 g/mol. The van der Waals surface area contributed by atoms with E-state index in [-0.39, 0.29) is 29.9 Å². The molecule has 0 bridgehead atoms. The Hall–Kier alpha value is -2.90. The predicted molar refractivity (Wildman–Crippen MR) is 118 cm³/mol. The Morgan fingerprint density at radius 1 is 1.16 bits per heavy atom. The number of carbonyl (C=O) groups excluding carboxylic acids is 2. The number of hydrogen-bond acceptors (Lipinski definition) is 5. The van der Waals surface area contributed by atoms with E-state index in [1.165, 1.54) is 0 Å². The summed E-state index contributed by atoms with van der Waals surface area (Å²) in [5.41, 5.74) is 2.80. The molecule has 2 aliphatic heterocycles. The Bertz CT molecular complexity index is 941. The fourth-order valence-electron chi connectivity index (χ4n) is 4.32. The van der Waals surface area contributed by atoms with Gasteiger partial charge < -0.3 is 25.4 Å². The number of fused-ring (bicyclic) bond motifs is 1. The molecule has 0 aliphatic carbocycles. The van der Waals surface area contributed by atoms with Crippen molar-refractivity contribution in [2.24, 2.45) is 0 Å². The van der Waals surface area contributed by atoms with E-state index in [9.17, 15) is 9.59 Å². The minimum absolute atomic E-state index is 0.0472. The van der Waals surface area contributed by atoms with E-state index in [0.29, 0.717) is 30.0 Å². The predicted octanol–water partition coefficient (Wildman–Crippen LogP) is 2.07. The maximum Gasteiger partial charge on any atom is 0.254 e. The van der Waals surface area contributed by atoms with E-state index < -0.39 is 0 Å². The van der Waals surface area contributed by atoms with E-state index in [2.05, 4.69) is 16.0 Å². The van der Waals surface area contributed by atoms with Crippen LogP contribution in [-0.4, -0.2) is 57.3 Å². The standard InChI is InChI=1S/C24H29N3O4/c1-15-21(16-6-4-3-5-7-16)19-12-17(13-20(22(19)31-15)24(29)25-2)23(28)27-9-8-18-14-26-10-11-30-18/h3-7,12-13,15,18,21,26H,8-11,14H2,1-2H3,(H,25,29)(H,27,28)/t15?,18?,21-/m0/s1. The van der Waals surface area contributed by atoms with Crippen LogP contribution in [0.25, 0.3) is 0 Å². The van der Waals surface area contributed by atoms with Gasteiger partial charge in [-0.15, -0.1) is 0 Å². The molecule has 31 heavy (non-hydrogen) atoms. The van der Waals surface area contributed by atoms with Crippen LogP contribution in [0.4, 0.5) is 0 Å². The van der Waals surface area contributed by atoms with Crippen LogP contribution in [0.3, 0.4) is 0 Å². The molecule has 7 nitrogen and oxygen atoms in total. The number of hydrogen-bond donors (Lipinski definition) is 3. The summed E-state index contributed by atoms with van der Waals surface area (Å²) in [6.07, 6.45) is 0.695. The van der Waals surface area contributed by atoms with Gasteiger partial charge in [0.2, 0.25) is 0 Å². The highest BCUT2D eigenvalue weighted by Crippen LogP contribution is 2.44. The van der Waals surface area contributed by atoms with Gasteiger partial charge in [-0.1, -0.05) is 30.3 Å². The summed E-state index contributed by atoms with van der Waals surface area (Å²) in [7, 11) is 1.58. The first-order valence-electron chi connectivity index (χ1n) is 10.8. The minimum atomic E-state index is -0.270. The summed E-state index contributed by atoms with van der Waals surface area (Å²) >= 11 is 0. The van der Waals surface area contributed by atoms with Crippen LogP contribution in [-0.2, 0) is 4.74 Å². The molecule has 2 aromatic carbocycles. The number of ether oxygens (including phenoxy) is 2. The molecule has 0 radical (unpaired) electrons. The molecule has 2 heterocycles. The maximum absolute atomic E-state index is 12.9. The van der Waals surface area contributed by atoms with Crippen LogP contribution in [0.1, 0.15) is 51.1 Å². The fraction of sp³-hybridized carbons (Fsp3) is 0.417. The lowest BCUT2D eigenvalue weighted by Gasteiger charge is -2.23. The molecule has 0 aromatic heterocycles. The summed E-state index contributed by atoms with van der Waals surface area (Å²) in [6, 6.07) is 13.5. The van der Waals surface area contributed by atoms with Gasteiger partial charge in [0, 0.05) is 43.7 Å². The Labute approximate surface area is 182 Å². The second-order valence-electron chi connectivity index (χ2n) is 7.97. The fourth-order valence-corrected chi connectivity index (χ4v) is 4.32. The van der Waals surface area contributed by atoms with E-state index >= 15 is 0 Å². The van der Waals surface area contributed by atoms with Crippen molar-refractivity contribution in [2.75, 3.05) is 33.3 Å². The SMILES string of the molecule is CNC(=O)c1cc(C(=O)NCCC2CNCCO2)cc2c1OC(C)[C@H]2c1ccccc1. The summed E-state index contributed by atoms with van der Waals surface area (Å²) in [5.74, 6) is 0.0320. The summed E-state index contributed by atoms with van der Waals surface area (Å²) in [6.45, 7) is 4.85. The maximum atomic E-state index is 12.9. The van der Waals surface area contributed by atoms with Gasteiger partial charge in [-0.05, 0) is 31.0 Å². The van der Waals surface area contributed by atoms with Crippen LogP contribution in [0.5, 0.6) is 5.75 Å². The lowest BCUT2D eigenvalue weighted by molar-refractivity contribution is 0.0239. The molecule has 2 aromatic rings. The molecule has 3 N–H and O–H groups in total. The summed E-state index contributed by atoms with van der Waals surface area (Å²) in [5, 5.41) is 8.91. The molecule has 2 unspecified atom stereocenters. The number of carbonyl (C=O) groups is 2. The molecule has 2 aliphatic rings. The van der Waals surface area contributed by atoms with Crippen molar-refractivity contribution in [3.63, 3.8) is 0 Å². The number of amides is 2. The first-order valence-corrected chi connectivity index (χ1v) is 10.8. The van der Waals surface area contributed by atoms with Gasteiger partial charge >= 0.3 is 0 Å². The zero-order chi connectivity index (χ0) is 21.8. The topological polar surface area (TPSA) is 88.7 Å². The van der Waals surface area contributed by atoms with Crippen molar-refractivity contribution in [2.45, 2.75) is 31.5 Å². The normalized spacial score (nSPS) is 22.3. The Kier molecular flexibility index (Phi) is 6.53. The molecular weight excluding hydrogens is 394 g/mol. The number of morpholine rings is 1. The van der Waals surface area contributed by atoms with Crippen molar-refractivity contribution >= 4 is 11.8 Å². The lowest BCUT2D eigenvalue weighted by Crippen LogP contribution is -2.40. The molecular formula is C24H29N3O4. The van der Waals surface area contributed by atoms with Crippen LogP contribution in [0.2, 0.25) is 0 Å². The summed E-state index contributed by atoms with van der Waals surface area (Å²) < 4.78 is 11.8. The Balaban J connectivity index is 1.59. The van der Waals surface area contributed by atoms with Gasteiger partial charge in [0.05, 0.1) is 18.3 Å². The van der Waals surface area contributed by atoms with Gasteiger partial charge in [-0.25, -0.2) is 0 Å². The molecule has 1 saturated heterocycles. The molecule has 4 rings (SSSR count). The molecule has 1 fully saturated rings. The number of rotatable bonds is 6. The third-order valence-corrected chi connectivity index (χ3v) is 5.87. The largest absolute Gasteiger partial charge is 0.489 e. The first-order chi connectivity index (χ1) is 15.1. The average Bonchev–Trinajstić information content (AvgIpc) is 3.14. The molecule has 7 heteroatoms. The van der Waals surface area contributed by atoms with Crippen molar-refractivity contribution in [1.82, 2.24) is 16.0 Å². The van der Waals surface area contributed by atoms with Gasteiger partial charge in [-0.2, -0.15) is 0 Å². The van der Waals surface area contributed by atoms with Crippen molar-refractivity contribution < 1.29 is 19.1 Å². The smallest absolute Gasteiger partial charge is 0.254 e. The molecule has 3 atom stereocenters. The van der Waals surface area contributed by atoms with Crippen LogP contribution in [0.15, 0.2) is 42.5 Å². The second kappa shape index (κ2) is 9.49. The molecule has 0 spiro atoms. The van der Waals surface area contributed by atoms with E-state index in [1.807, 2.05) is 43.3 Å². The van der Waals surface area contributed by atoms with E-state index in [4.69, 9.17) is 9.47 Å². The average molecular weight is 424 g/mol. The van der Waals surface area contributed by atoms with Gasteiger partial charge in [0.1, 0.15) is 11.9 Å². The van der Waals surface area contributed by atoms with Crippen LogP contribution < -0.4 is 20.7 Å². The minimum Gasteiger partial charge on any atom is -0.489 e. The molecule has 2 amide bonds. The third kappa shape index (κ3) is 4.57. The Morgan fingerprint density at radius 3 is 2.68 bits per heavy atom.